The van der Waals surface area contributed by atoms with Crippen LogP contribution in [0.1, 0.15) is 5.56 Å². The molecule has 3 rings (SSSR count). The molecule has 0 unspecified atom stereocenters. The fraction of sp³-hybridized carbons (Fsp3) is 0.0833. The summed E-state index contributed by atoms with van der Waals surface area (Å²) >= 11 is 3.47. The van der Waals surface area contributed by atoms with Crippen LogP contribution in [0, 0.1) is 6.92 Å². The van der Waals surface area contributed by atoms with Crippen LogP contribution in [0.15, 0.2) is 35.2 Å². The van der Waals surface area contributed by atoms with Gasteiger partial charge in [-0.3, -0.25) is 4.98 Å². The van der Waals surface area contributed by atoms with Gasteiger partial charge in [0.15, 0.2) is 5.82 Å². The maximum Gasteiger partial charge on any atom is 0.158 e. The first-order valence-corrected chi connectivity index (χ1v) is 5.95. The number of aromatic amines is 1. The molecule has 2 heterocycles. The van der Waals surface area contributed by atoms with Crippen molar-refractivity contribution in [3.63, 3.8) is 0 Å². The van der Waals surface area contributed by atoms with Crippen LogP contribution in [0.3, 0.4) is 0 Å². The first kappa shape index (κ1) is 10.4. The van der Waals surface area contributed by atoms with Gasteiger partial charge in [-0.1, -0.05) is 15.9 Å². The number of nitrogens with one attached hydrogen (secondary N) is 1. The quantitative estimate of drug-likeness (QED) is 0.749. The van der Waals surface area contributed by atoms with Crippen LogP contribution in [-0.2, 0) is 0 Å². The number of nitrogens with zero attached hydrogens (tertiary/aromatic N) is 3. The smallest absolute Gasteiger partial charge is 0.158 e. The highest BCUT2D eigenvalue weighted by Gasteiger charge is 2.08. The van der Waals surface area contributed by atoms with Gasteiger partial charge in [0.1, 0.15) is 5.69 Å². The average molecular weight is 289 g/mol. The van der Waals surface area contributed by atoms with Crippen molar-refractivity contribution in [2.24, 2.45) is 0 Å². The van der Waals surface area contributed by atoms with Gasteiger partial charge in [0, 0.05) is 16.9 Å². The molecule has 1 aromatic carbocycles. The van der Waals surface area contributed by atoms with Crippen LogP contribution in [0.2, 0.25) is 0 Å². The summed E-state index contributed by atoms with van der Waals surface area (Å²) in [6, 6.07) is 4.05. The lowest BCUT2D eigenvalue weighted by Crippen LogP contribution is -1.85. The molecular formula is C12H9BrN4. The van der Waals surface area contributed by atoms with Gasteiger partial charge in [-0.2, -0.15) is 0 Å². The molecule has 1 N–H and O–H groups in total. The Kier molecular flexibility index (Phi) is 2.40. The minimum atomic E-state index is 0.745. The number of benzene rings is 1. The number of rotatable bonds is 1. The van der Waals surface area contributed by atoms with Crippen LogP contribution in [0.4, 0.5) is 0 Å². The Balaban J connectivity index is 2.24. The lowest BCUT2D eigenvalue weighted by molar-refractivity contribution is 1.17. The molecule has 3 aromatic rings. The van der Waals surface area contributed by atoms with Gasteiger partial charge in [0.05, 0.1) is 17.2 Å². The molecule has 4 nitrogen and oxygen atoms in total. The Morgan fingerprint density at radius 2 is 2.12 bits per heavy atom. The molecule has 0 bridgehead atoms. The number of aromatic nitrogens is 4. The molecule has 0 radical (unpaired) electrons. The Labute approximate surface area is 106 Å². The van der Waals surface area contributed by atoms with Crippen molar-refractivity contribution in [2.75, 3.05) is 0 Å². The first-order chi connectivity index (χ1) is 8.24. The summed E-state index contributed by atoms with van der Waals surface area (Å²) in [5, 5.41) is 0. The molecule has 0 atom stereocenters. The Morgan fingerprint density at radius 3 is 2.88 bits per heavy atom. The standard InChI is InChI=1S/C12H9BrN4/c1-7-4-8(13)5-9-11(7)17-12(16-9)10-6-14-2-3-15-10/h2-6H,1H3,(H,16,17). The van der Waals surface area contributed by atoms with Crippen molar-refractivity contribution >= 4 is 27.0 Å². The molecule has 0 spiro atoms. The summed E-state index contributed by atoms with van der Waals surface area (Å²) in [7, 11) is 0. The molecule has 0 fully saturated rings. The zero-order chi connectivity index (χ0) is 11.8. The lowest BCUT2D eigenvalue weighted by Gasteiger charge is -1.94. The van der Waals surface area contributed by atoms with Crippen molar-refractivity contribution in [3.8, 4) is 11.5 Å². The molecule has 0 amide bonds. The summed E-state index contributed by atoms with van der Waals surface area (Å²) in [5.74, 6) is 0.745. The number of hydrogen-bond donors (Lipinski definition) is 1. The van der Waals surface area contributed by atoms with Gasteiger partial charge in [-0.25, -0.2) is 9.97 Å². The fourth-order valence-corrected chi connectivity index (χ4v) is 2.36. The highest BCUT2D eigenvalue weighted by molar-refractivity contribution is 9.10. The normalized spacial score (nSPS) is 10.9. The number of hydrogen-bond acceptors (Lipinski definition) is 3. The van der Waals surface area contributed by atoms with E-state index in [0.29, 0.717) is 0 Å². The predicted molar refractivity (Wildman–Crippen MR) is 69.6 cm³/mol. The van der Waals surface area contributed by atoms with Crippen molar-refractivity contribution in [1.82, 2.24) is 19.9 Å². The number of imidazole rings is 1. The Hall–Kier alpha value is -1.75. The zero-order valence-electron chi connectivity index (χ0n) is 9.11. The molecular weight excluding hydrogens is 280 g/mol. The molecule has 0 aliphatic heterocycles. The number of halogens is 1. The van der Waals surface area contributed by atoms with Gasteiger partial charge in [0.25, 0.3) is 0 Å². The minimum absolute atomic E-state index is 0.745. The van der Waals surface area contributed by atoms with Gasteiger partial charge < -0.3 is 4.98 Å². The van der Waals surface area contributed by atoms with E-state index in [1.807, 2.05) is 19.1 Å². The van der Waals surface area contributed by atoms with E-state index in [2.05, 4.69) is 35.9 Å². The van der Waals surface area contributed by atoms with E-state index in [4.69, 9.17) is 0 Å². The summed E-state index contributed by atoms with van der Waals surface area (Å²) in [5.41, 5.74) is 3.84. The number of H-pyrrole nitrogens is 1. The summed E-state index contributed by atoms with van der Waals surface area (Å²) in [6.07, 6.45) is 5.00. The molecule has 0 saturated carbocycles. The van der Waals surface area contributed by atoms with Gasteiger partial charge in [-0.05, 0) is 24.6 Å². The third-order valence-corrected chi connectivity index (χ3v) is 3.01. The van der Waals surface area contributed by atoms with Gasteiger partial charge in [-0.15, -0.1) is 0 Å². The lowest BCUT2D eigenvalue weighted by atomic mass is 10.2. The summed E-state index contributed by atoms with van der Waals surface area (Å²) in [4.78, 5) is 16.1. The van der Waals surface area contributed by atoms with Crippen molar-refractivity contribution in [1.29, 1.82) is 0 Å². The molecule has 17 heavy (non-hydrogen) atoms. The molecule has 0 saturated heterocycles. The zero-order valence-corrected chi connectivity index (χ0v) is 10.7. The van der Waals surface area contributed by atoms with E-state index < -0.39 is 0 Å². The van der Waals surface area contributed by atoms with E-state index >= 15 is 0 Å². The Morgan fingerprint density at radius 1 is 1.24 bits per heavy atom. The fourth-order valence-electron chi connectivity index (χ4n) is 1.79. The third kappa shape index (κ3) is 1.82. The highest BCUT2D eigenvalue weighted by atomic mass is 79.9. The third-order valence-electron chi connectivity index (χ3n) is 2.55. The summed E-state index contributed by atoms with van der Waals surface area (Å²) in [6.45, 7) is 2.04. The van der Waals surface area contributed by atoms with Crippen LogP contribution < -0.4 is 0 Å². The van der Waals surface area contributed by atoms with Crippen LogP contribution in [-0.4, -0.2) is 19.9 Å². The monoisotopic (exact) mass is 288 g/mol. The van der Waals surface area contributed by atoms with Crippen molar-refractivity contribution in [3.05, 3.63) is 40.8 Å². The highest BCUT2D eigenvalue weighted by Crippen LogP contribution is 2.24. The maximum absolute atomic E-state index is 4.54. The van der Waals surface area contributed by atoms with E-state index in [1.54, 1.807) is 18.6 Å². The SMILES string of the molecule is Cc1cc(Br)cc2[nH]c(-c3cnccn3)nc12. The van der Waals surface area contributed by atoms with Crippen molar-refractivity contribution < 1.29 is 0 Å². The second-order valence-corrected chi connectivity index (χ2v) is 4.71. The maximum atomic E-state index is 4.54. The van der Waals surface area contributed by atoms with E-state index in [0.717, 1.165) is 32.6 Å². The molecule has 0 aliphatic rings. The second-order valence-electron chi connectivity index (χ2n) is 3.79. The minimum Gasteiger partial charge on any atom is -0.337 e. The summed E-state index contributed by atoms with van der Waals surface area (Å²) < 4.78 is 1.04. The van der Waals surface area contributed by atoms with Crippen LogP contribution in [0.25, 0.3) is 22.6 Å². The topological polar surface area (TPSA) is 54.5 Å². The van der Waals surface area contributed by atoms with Crippen LogP contribution in [0.5, 0.6) is 0 Å². The Bertz CT molecular complexity index is 676. The average Bonchev–Trinajstić information content (AvgIpc) is 2.74. The molecule has 2 aromatic heterocycles. The van der Waals surface area contributed by atoms with E-state index in [-0.39, 0.29) is 0 Å². The van der Waals surface area contributed by atoms with Gasteiger partial charge in [0.2, 0.25) is 0 Å². The largest absolute Gasteiger partial charge is 0.337 e. The number of aryl methyl sites for hydroxylation is 1. The van der Waals surface area contributed by atoms with E-state index in [1.165, 1.54) is 0 Å². The number of fused-ring (bicyclic) bond motifs is 1. The first-order valence-electron chi connectivity index (χ1n) is 5.16. The van der Waals surface area contributed by atoms with Crippen molar-refractivity contribution in [2.45, 2.75) is 6.92 Å². The molecule has 5 heteroatoms. The van der Waals surface area contributed by atoms with Gasteiger partial charge >= 0.3 is 0 Å². The van der Waals surface area contributed by atoms with E-state index in [9.17, 15) is 0 Å². The second kappa shape index (κ2) is 3.92. The molecule has 0 aliphatic carbocycles. The molecule has 84 valence electrons. The predicted octanol–water partition coefficient (Wildman–Crippen LogP) is 3.09. The van der Waals surface area contributed by atoms with Crippen LogP contribution >= 0.6 is 15.9 Å².